The zero-order valence-corrected chi connectivity index (χ0v) is 12.9. The van der Waals surface area contributed by atoms with E-state index in [2.05, 4.69) is 0 Å². The van der Waals surface area contributed by atoms with E-state index in [-0.39, 0.29) is 52.5 Å². The Balaban J connectivity index is 2.25. The van der Waals surface area contributed by atoms with E-state index in [4.69, 9.17) is 14.2 Å². The summed E-state index contributed by atoms with van der Waals surface area (Å²) < 4.78 is 15.4. The maximum absolute atomic E-state index is 12.8. The van der Waals surface area contributed by atoms with Crippen LogP contribution in [0, 0.1) is 0 Å². The first-order valence-corrected chi connectivity index (χ1v) is 6.96. The Morgan fingerprint density at radius 3 is 2.48 bits per heavy atom. The summed E-state index contributed by atoms with van der Waals surface area (Å²) in [6, 6.07) is 1.31. The highest BCUT2D eigenvalue weighted by Crippen LogP contribution is 2.46. The molecule has 1 atom stereocenters. The third kappa shape index (κ3) is 2.20. The van der Waals surface area contributed by atoms with Gasteiger partial charge in [-0.05, 0) is 13.0 Å². The van der Waals surface area contributed by atoms with E-state index in [1.165, 1.54) is 27.2 Å². The molecule has 0 saturated heterocycles. The topological polar surface area (TPSA) is 102 Å². The number of carbonyl (C=O) groups is 2. The van der Waals surface area contributed by atoms with Crippen molar-refractivity contribution in [3.05, 3.63) is 28.3 Å². The van der Waals surface area contributed by atoms with Crippen LogP contribution in [0.4, 0.5) is 0 Å². The number of phenolic OH excluding ortho intramolecular Hbond substituents is 1. The molecule has 0 saturated carbocycles. The van der Waals surface area contributed by atoms with Gasteiger partial charge in [0.15, 0.2) is 28.9 Å². The standard InChI is InChI=1S/C16H16O7/c1-16(20)5-8-9(6-23-16)13(18)11-7(12(8)17)4-10(21-2)14(19)15(11)22-3/h4,19-20H,5-6H2,1-3H3. The smallest absolute Gasteiger partial charge is 0.201 e. The molecule has 0 spiro atoms. The lowest BCUT2D eigenvalue weighted by atomic mass is 9.80. The van der Waals surface area contributed by atoms with Crippen LogP contribution in [0.25, 0.3) is 0 Å². The van der Waals surface area contributed by atoms with Crippen molar-refractivity contribution in [1.29, 1.82) is 0 Å². The number of hydrogen-bond acceptors (Lipinski definition) is 7. The Morgan fingerprint density at radius 2 is 1.87 bits per heavy atom. The number of Topliss-reactive ketones (excluding diaryl/α,β-unsaturated/α-hetero) is 2. The molecule has 7 nitrogen and oxygen atoms in total. The minimum atomic E-state index is -1.50. The number of hydrogen-bond donors (Lipinski definition) is 2. The Hall–Kier alpha value is -2.38. The first-order chi connectivity index (χ1) is 10.8. The number of ketones is 2. The SMILES string of the molecule is COc1cc2c(c(OC)c1O)C(=O)C1=C(CC(C)(O)OC1)C2=O. The molecule has 0 aromatic heterocycles. The van der Waals surface area contributed by atoms with Crippen LogP contribution in [0.3, 0.4) is 0 Å². The lowest BCUT2D eigenvalue weighted by Crippen LogP contribution is -2.39. The van der Waals surface area contributed by atoms with Crippen LogP contribution < -0.4 is 9.47 Å². The third-order valence-electron chi connectivity index (χ3n) is 4.06. The molecule has 2 N–H and O–H groups in total. The van der Waals surface area contributed by atoms with Crippen molar-refractivity contribution in [2.45, 2.75) is 19.1 Å². The third-order valence-corrected chi connectivity index (χ3v) is 4.06. The maximum atomic E-state index is 12.8. The predicted octanol–water partition coefficient (Wildman–Crippen LogP) is 1.21. The fourth-order valence-corrected chi connectivity index (χ4v) is 2.92. The Labute approximate surface area is 132 Å². The zero-order valence-electron chi connectivity index (χ0n) is 12.9. The molecule has 122 valence electrons. The fourth-order valence-electron chi connectivity index (χ4n) is 2.92. The Morgan fingerprint density at radius 1 is 1.17 bits per heavy atom. The van der Waals surface area contributed by atoms with Crippen molar-refractivity contribution < 1.29 is 34.0 Å². The van der Waals surface area contributed by atoms with Crippen molar-refractivity contribution in [3.8, 4) is 17.2 Å². The molecule has 3 rings (SSSR count). The van der Waals surface area contributed by atoms with Crippen LogP contribution in [0.15, 0.2) is 17.2 Å². The molecule has 0 bridgehead atoms. The van der Waals surface area contributed by atoms with Gasteiger partial charge in [-0.2, -0.15) is 0 Å². The van der Waals surface area contributed by atoms with E-state index in [1.54, 1.807) is 0 Å². The van der Waals surface area contributed by atoms with E-state index in [1.807, 2.05) is 0 Å². The van der Waals surface area contributed by atoms with E-state index in [0.29, 0.717) is 0 Å². The number of fused-ring (bicyclic) bond motifs is 1. The van der Waals surface area contributed by atoms with Crippen molar-refractivity contribution in [1.82, 2.24) is 0 Å². The largest absolute Gasteiger partial charge is 0.502 e. The summed E-state index contributed by atoms with van der Waals surface area (Å²) in [5.74, 6) is -2.79. The molecule has 23 heavy (non-hydrogen) atoms. The summed E-state index contributed by atoms with van der Waals surface area (Å²) in [6.07, 6.45) is -0.0855. The average Bonchev–Trinajstić information content (AvgIpc) is 2.51. The number of methoxy groups -OCH3 is 2. The number of aromatic hydroxyl groups is 1. The second-order valence-corrected chi connectivity index (χ2v) is 5.64. The number of benzene rings is 1. The predicted molar refractivity (Wildman–Crippen MR) is 78.1 cm³/mol. The first-order valence-electron chi connectivity index (χ1n) is 6.96. The summed E-state index contributed by atoms with van der Waals surface area (Å²) in [6.45, 7) is 1.25. The second kappa shape index (κ2) is 5.07. The van der Waals surface area contributed by atoms with Crippen molar-refractivity contribution in [2.75, 3.05) is 20.8 Å². The van der Waals surface area contributed by atoms with Crippen LogP contribution in [0.5, 0.6) is 17.2 Å². The van der Waals surface area contributed by atoms with Gasteiger partial charge < -0.3 is 24.4 Å². The molecule has 1 aromatic carbocycles. The molecule has 1 heterocycles. The van der Waals surface area contributed by atoms with Gasteiger partial charge in [0.05, 0.1) is 26.4 Å². The van der Waals surface area contributed by atoms with Gasteiger partial charge in [-0.15, -0.1) is 0 Å². The minimum absolute atomic E-state index is 0.0142. The Kier molecular flexibility index (Phi) is 3.42. The molecule has 1 aliphatic heterocycles. The van der Waals surface area contributed by atoms with Crippen molar-refractivity contribution in [3.63, 3.8) is 0 Å². The average molecular weight is 320 g/mol. The molecule has 0 amide bonds. The van der Waals surface area contributed by atoms with Crippen LogP contribution in [-0.2, 0) is 4.74 Å². The molecule has 0 radical (unpaired) electrons. The normalized spacial score (nSPS) is 23.5. The van der Waals surface area contributed by atoms with Gasteiger partial charge in [0.1, 0.15) is 0 Å². The molecule has 7 heteroatoms. The summed E-state index contributed by atoms with van der Waals surface area (Å²) in [5.41, 5.74) is 0.461. The van der Waals surface area contributed by atoms with E-state index < -0.39 is 17.4 Å². The molecule has 1 aromatic rings. The van der Waals surface area contributed by atoms with Gasteiger partial charge in [0.25, 0.3) is 0 Å². The second-order valence-electron chi connectivity index (χ2n) is 5.64. The molecule has 1 aliphatic carbocycles. The molecule has 1 unspecified atom stereocenters. The van der Waals surface area contributed by atoms with Crippen LogP contribution in [0.1, 0.15) is 34.1 Å². The maximum Gasteiger partial charge on any atom is 0.201 e. The van der Waals surface area contributed by atoms with Crippen LogP contribution >= 0.6 is 0 Å². The minimum Gasteiger partial charge on any atom is -0.502 e. The van der Waals surface area contributed by atoms with Gasteiger partial charge in [0, 0.05) is 23.1 Å². The van der Waals surface area contributed by atoms with Crippen LogP contribution in [-0.4, -0.2) is 48.4 Å². The molecular weight excluding hydrogens is 304 g/mol. The van der Waals surface area contributed by atoms with Crippen molar-refractivity contribution in [2.24, 2.45) is 0 Å². The summed E-state index contributed by atoms with van der Waals surface area (Å²) in [5, 5.41) is 20.1. The lowest BCUT2D eigenvalue weighted by Gasteiger charge is -2.34. The number of carbonyl (C=O) groups excluding carboxylic acids is 2. The van der Waals surface area contributed by atoms with E-state index >= 15 is 0 Å². The highest BCUT2D eigenvalue weighted by Gasteiger charge is 2.42. The molecule has 0 fully saturated rings. The first kappa shape index (κ1) is 15.5. The quantitative estimate of drug-likeness (QED) is 0.844. The number of rotatable bonds is 2. The highest BCUT2D eigenvalue weighted by molar-refractivity contribution is 6.28. The summed E-state index contributed by atoms with van der Waals surface area (Å²) >= 11 is 0. The van der Waals surface area contributed by atoms with E-state index in [9.17, 15) is 19.8 Å². The molecule has 2 aliphatic rings. The number of aliphatic hydroxyl groups is 1. The number of phenols is 1. The number of ether oxygens (including phenoxy) is 3. The van der Waals surface area contributed by atoms with Gasteiger partial charge in [-0.25, -0.2) is 0 Å². The Bertz CT molecular complexity index is 758. The van der Waals surface area contributed by atoms with Crippen molar-refractivity contribution >= 4 is 11.6 Å². The molecular formula is C16H16O7. The summed E-state index contributed by atoms with van der Waals surface area (Å²) in [4.78, 5) is 25.5. The van der Waals surface area contributed by atoms with Gasteiger partial charge in [-0.1, -0.05) is 0 Å². The van der Waals surface area contributed by atoms with E-state index in [0.717, 1.165) is 0 Å². The van der Waals surface area contributed by atoms with Gasteiger partial charge >= 0.3 is 0 Å². The highest BCUT2D eigenvalue weighted by atomic mass is 16.6. The van der Waals surface area contributed by atoms with Crippen LogP contribution in [0.2, 0.25) is 0 Å². The van der Waals surface area contributed by atoms with Gasteiger partial charge in [-0.3, -0.25) is 9.59 Å². The lowest BCUT2D eigenvalue weighted by molar-refractivity contribution is -0.187. The van der Waals surface area contributed by atoms with Gasteiger partial charge in [0.2, 0.25) is 5.75 Å². The fraction of sp³-hybridized carbons (Fsp3) is 0.375. The summed E-state index contributed by atoms with van der Waals surface area (Å²) in [7, 11) is 2.62. The monoisotopic (exact) mass is 320 g/mol. The zero-order chi connectivity index (χ0) is 16.9.